The van der Waals surface area contributed by atoms with Crippen LogP contribution in [0.5, 0.6) is 0 Å². The fourth-order valence-corrected chi connectivity index (χ4v) is 13.7. The van der Waals surface area contributed by atoms with E-state index in [-0.39, 0.29) is 33.8 Å². The predicted molar refractivity (Wildman–Crippen MR) is 311 cm³/mol. The lowest BCUT2D eigenvalue weighted by atomic mass is 9.33. The van der Waals surface area contributed by atoms with Gasteiger partial charge in [0.1, 0.15) is 0 Å². The number of aromatic nitrogens is 1. The Kier molecular flexibility index (Phi) is 9.89. The number of fused-ring (bicyclic) bond motifs is 10. The molecule has 0 N–H and O–H groups in total. The third kappa shape index (κ3) is 7.03. The van der Waals surface area contributed by atoms with Gasteiger partial charge in [-0.2, -0.15) is 0 Å². The number of hydrogen-bond donors (Lipinski definition) is 0. The average molecular weight is 948 g/mol. The zero-order chi connectivity index (χ0) is 50.1. The maximum Gasteiger partial charge on any atom is 0.252 e. The second kappa shape index (κ2) is 15.2. The Morgan fingerprint density at radius 3 is 1.68 bits per heavy atom. The molecule has 0 fully saturated rings. The first-order valence-corrected chi connectivity index (χ1v) is 27.0. The van der Waals surface area contributed by atoms with Crippen LogP contribution in [0.4, 0.5) is 34.1 Å². The number of nitrogens with zero attached hydrogens (tertiary/aromatic N) is 3. The highest BCUT2D eigenvalue weighted by Gasteiger charge is 2.45. The molecule has 3 aliphatic rings. The molecule has 5 heteroatoms. The monoisotopic (exact) mass is 948 g/mol. The lowest BCUT2D eigenvalue weighted by molar-refractivity contribution is 0.332. The molecule has 1 aliphatic carbocycles. The Labute approximate surface area is 427 Å². The lowest BCUT2D eigenvalue weighted by Gasteiger charge is -2.45. The molecule has 9 aromatic rings. The van der Waals surface area contributed by atoms with E-state index in [0.29, 0.717) is 0 Å². The van der Waals surface area contributed by atoms with E-state index in [1.54, 1.807) is 0 Å². The first kappa shape index (κ1) is 46.1. The van der Waals surface area contributed by atoms with Crippen LogP contribution < -0.4 is 26.2 Å². The van der Waals surface area contributed by atoms with Crippen molar-refractivity contribution < 1.29 is 0 Å². The number of thiophene rings is 1. The minimum absolute atomic E-state index is 0.0207. The molecule has 71 heavy (non-hydrogen) atoms. The molecule has 0 saturated carbocycles. The van der Waals surface area contributed by atoms with Crippen LogP contribution in [0, 0.1) is 13.8 Å². The third-order valence-electron chi connectivity index (χ3n) is 16.8. The quantitative estimate of drug-likeness (QED) is 0.163. The molecule has 0 saturated heterocycles. The number of hydrogen-bond acceptors (Lipinski definition) is 3. The minimum atomic E-state index is -0.0496. The SMILES string of the molecule is Cc1cc2c3c(c1)-n1c4c(cc(C(C)(C)C)cc4c4sc5ccccc5c41)B3c1ccc(N(c3ccc(C(C)(C)C)cc3)c3ccc(C(C)(C)C)cc3)cc1N2c1cc2c(cc1C)C(C)(C)CCC2(C)C. The molecule has 0 spiro atoms. The maximum absolute atomic E-state index is 2.69. The highest BCUT2D eigenvalue weighted by atomic mass is 32.1. The van der Waals surface area contributed by atoms with Crippen molar-refractivity contribution in [2.75, 3.05) is 9.80 Å². The summed E-state index contributed by atoms with van der Waals surface area (Å²) in [5, 5.41) is 2.71. The molecule has 3 nitrogen and oxygen atoms in total. The van der Waals surface area contributed by atoms with Gasteiger partial charge in [-0.1, -0.05) is 151 Å². The molecule has 0 atom stereocenters. The van der Waals surface area contributed by atoms with Crippen molar-refractivity contribution in [1.29, 1.82) is 0 Å². The van der Waals surface area contributed by atoms with Gasteiger partial charge < -0.3 is 14.4 Å². The van der Waals surface area contributed by atoms with Gasteiger partial charge in [-0.15, -0.1) is 11.3 Å². The highest BCUT2D eigenvalue weighted by Crippen LogP contribution is 2.52. The van der Waals surface area contributed by atoms with Crippen molar-refractivity contribution >= 4 is 99.8 Å². The first-order chi connectivity index (χ1) is 33.4. The van der Waals surface area contributed by atoms with E-state index >= 15 is 0 Å². The van der Waals surface area contributed by atoms with Crippen LogP contribution >= 0.6 is 11.3 Å². The third-order valence-corrected chi connectivity index (χ3v) is 18.0. The average Bonchev–Trinajstić information content (AvgIpc) is 3.84. The van der Waals surface area contributed by atoms with E-state index in [2.05, 4.69) is 246 Å². The highest BCUT2D eigenvalue weighted by molar-refractivity contribution is 7.26. The molecule has 7 aromatic carbocycles. The minimum Gasteiger partial charge on any atom is -0.311 e. The van der Waals surface area contributed by atoms with Crippen LogP contribution in [0.15, 0.2) is 127 Å². The maximum atomic E-state index is 2.69. The predicted octanol–water partition coefficient (Wildman–Crippen LogP) is 16.9. The Hall–Kier alpha value is -6.04. The fourth-order valence-electron chi connectivity index (χ4n) is 12.5. The molecule has 2 aliphatic heterocycles. The Bertz CT molecular complexity index is 3610. The number of anilines is 6. The van der Waals surface area contributed by atoms with Gasteiger partial charge in [-0.25, -0.2) is 0 Å². The summed E-state index contributed by atoms with van der Waals surface area (Å²) in [4.78, 5) is 5.18. The lowest BCUT2D eigenvalue weighted by Crippen LogP contribution is -2.60. The van der Waals surface area contributed by atoms with Crippen LogP contribution in [-0.4, -0.2) is 11.3 Å². The zero-order valence-electron chi connectivity index (χ0n) is 44.9. The summed E-state index contributed by atoms with van der Waals surface area (Å²) < 4.78 is 5.41. The zero-order valence-corrected chi connectivity index (χ0v) is 45.7. The van der Waals surface area contributed by atoms with Gasteiger partial charge in [0, 0.05) is 55.3 Å². The first-order valence-electron chi connectivity index (χ1n) is 26.2. The smallest absolute Gasteiger partial charge is 0.252 e. The second-order valence-corrected chi connectivity index (χ2v) is 27.0. The van der Waals surface area contributed by atoms with E-state index < -0.39 is 0 Å². The Morgan fingerprint density at radius 2 is 1.07 bits per heavy atom. The van der Waals surface area contributed by atoms with Crippen LogP contribution in [0.25, 0.3) is 36.9 Å². The van der Waals surface area contributed by atoms with Gasteiger partial charge in [0.05, 0.1) is 15.7 Å². The van der Waals surface area contributed by atoms with E-state index in [0.717, 1.165) is 23.5 Å². The van der Waals surface area contributed by atoms with Gasteiger partial charge in [-0.3, -0.25) is 0 Å². The van der Waals surface area contributed by atoms with Crippen molar-refractivity contribution in [3.05, 3.63) is 166 Å². The molecular weight excluding hydrogens is 878 g/mol. The van der Waals surface area contributed by atoms with E-state index in [9.17, 15) is 0 Å². The number of benzene rings is 7. The van der Waals surface area contributed by atoms with Crippen molar-refractivity contribution in [3.8, 4) is 5.69 Å². The molecule has 358 valence electrons. The normalized spacial score (nSPS) is 15.9. The van der Waals surface area contributed by atoms with Gasteiger partial charge >= 0.3 is 0 Å². The summed E-state index contributed by atoms with van der Waals surface area (Å²) >= 11 is 1.96. The molecule has 12 rings (SSSR count). The number of rotatable bonds is 4. The molecule has 4 heterocycles. The van der Waals surface area contributed by atoms with E-state index in [4.69, 9.17) is 0 Å². The summed E-state index contributed by atoms with van der Waals surface area (Å²) in [5.74, 6) is 0. The summed E-state index contributed by atoms with van der Waals surface area (Å²) in [6.07, 6.45) is 2.35. The van der Waals surface area contributed by atoms with E-state index in [1.165, 1.54) is 116 Å². The van der Waals surface area contributed by atoms with Gasteiger partial charge in [0.25, 0.3) is 6.71 Å². The fraction of sp³-hybridized carbons (Fsp3) is 0.333. The summed E-state index contributed by atoms with van der Waals surface area (Å²) in [5.41, 5.74) is 25.2. The summed E-state index contributed by atoms with van der Waals surface area (Å²) in [6, 6.07) is 50.4. The van der Waals surface area contributed by atoms with Crippen molar-refractivity contribution in [2.45, 2.75) is 144 Å². The van der Waals surface area contributed by atoms with Crippen molar-refractivity contribution in [1.82, 2.24) is 4.57 Å². The molecule has 0 bridgehead atoms. The molecule has 0 amide bonds. The van der Waals surface area contributed by atoms with Crippen molar-refractivity contribution in [2.24, 2.45) is 0 Å². The van der Waals surface area contributed by atoms with Crippen molar-refractivity contribution in [3.63, 3.8) is 0 Å². The topological polar surface area (TPSA) is 11.4 Å². The molecule has 0 radical (unpaired) electrons. The van der Waals surface area contributed by atoms with Gasteiger partial charge in [0.15, 0.2) is 0 Å². The largest absolute Gasteiger partial charge is 0.311 e. The second-order valence-electron chi connectivity index (χ2n) is 25.9. The summed E-state index contributed by atoms with van der Waals surface area (Å²) in [7, 11) is 0. The van der Waals surface area contributed by atoms with Gasteiger partial charge in [-0.05, 0) is 176 Å². The van der Waals surface area contributed by atoms with Gasteiger partial charge in [0.2, 0.25) is 0 Å². The molecule has 2 aromatic heterocycles. The molecular formula is C66H70BN3S. The van der Waals surface area contributed by atoms with Crippen LogP contribution in [-0.2, 0) is 27.1 Å². The summed E-state index contributed by atoms with van der Waals surface area (Å²) in [6.45, 7) is 35.5. The Morgan fingerprint density at radius 1 is 0.507 bits per heavy atom. The van der Waals surface area contributed by atoms with Crippen LogP contribution in [0.1, 0.15) is 142 Å². The Balaban J connectivity index is 1.19. The van der Waals surface area contributed by atoms with E-state index in [1.807, 2.05) is 11.3 Å². The number of aryl methyl sites for hydroxylation is 2. The van der Waals surface area contributed by atoms with Crippen LogP contribution in [0.3, 0.4) is 0 Å². The van der Waals surface area contributed by atoms with Crippen LogP contribution in [0.2, 0.25) is 0 Å². The molecule has 0 unspecified atom stereocenters. The standard InChI is InChI=1S/C66H70BN3S/c1-39-32-55-58-56(33-39)70-59-48(61-60(70)47-18-16-17-19-57(47)71-61)35-43(64(9,10)11)36-52(59)67(58)51-29-28-46(37-54(51)69(55)53-38-50-49(34-40(53)2)65(12,13)30-31-66(50,14)15)68(44-24-20-41(21-25-44)62(3,4)5)45-26-22-42(23-27-45)63(6,7)8/h16-29,32-38H,30-31H2,1-15H3.